The molecule has 0 fully saturated rings. The Labute approximate surface area is 106 Å². The molecule has 1 N–H and O–H groups in total. The van der Waals surface area contributed by atoms with E-state index in [1.54, 1.807) is 25.2 Å². The normalized spacial score (nSPS) is 13.1. The minimum absolute atomic E-state index is 0.496. The first-order valence-corrected chi connectivity index (χ1v) is 5.82. The summed E-state index contributed by atoms with van der Waals surface area (Å²) in [4.78, 5) is 17.0. The first kappa shape index (κ1) is 12.6. The van der Waals surface area contributed by atoms with E-state index in [-0.39, 0.29) is 0 Å². The summed E-state index contributed by atoms with van der Waals surface area (Å²) in [6, 6.07) is 5.52. The minimum Gasteiger partial charge on any atom is -0.480 e. The van der Waals surface area contributed by atoms with Crippen molar-refractivity contribution in [3.63, 3.8) is 0 Å². The number of hydrogen-bond acceptors (Lipinski definition) is 3. The zero-order valence-electron chi connectivity index (χ0n) is 10.8. The topological polar surface area (TPSA) is 58.4 Å². The maximum atomic E-state index is 10.9. The predicted molar refractivity (Wildman–Crippen MR) is 69.3 cm³/mol. The molecule has 5 heteroatoms. The zero-order valence-corrected chi connectivity index (χ0v) is 10.8. The van der Waals surface area contributed by atoms with Gasteiger partial charge < -0.3 is 9.67 Å². The number of fused-ring (bicyclic) bond motifs is 1. The molecule has 0 spiro atoms. The lowest BCUT2D eigenvalue weighted by Gasteiger charge is -2.20. The summed E-state index contributed by atoms with van der Waals surface area (Å²) >= 11 is 0. The van der Waals surface area contributed by atoms with Gasteiger partial charge in [0, 0.05) is 13.6 Å². The van der Waals surface area contributed by atoms with E-state index in [0.29, 0.717) is 6.54 Å². The van der Waals surface area contributed by atoms with Crippen LogP contribution in [0.2, 0.25) is 0 Å². The smallest absolute Gasteiger partial charge is 0.320 e. The molecule has 0 radical (unpaired) electrons. The van der Waals surface area contributed by atoms with Gasteiger partial charge >= 0.3 is 5.97 Å². The fraction of sp³-hybridized carbons (Fsp3) is 0.385. The van der Waals surface area contributed by atoms with Crippen molar-refractivity contribution in [3.05, 3.63) is 30.1 Å². The van der Waals surface area contributed by atoms with Crippen molar-refractivity contribution in [2.75, 3.05) is 7.05 Å². The van der Waals surface area contributed by atoms with Gasteiger partial charge in [-0.1, -0.05) is 6.07 Å². The lowest BCUT2D eigenvalue weighted by atomic mass is 10.1. The van der Waals surface area contributed by atoms with E-state index in [1.807, 2.05) is 29.8 Å². The maximum absolute atomic E-state index is 10.9. The molecule has 1 unspecified atom stereocenters. The molecule has 5 nitrogen and oxygen atoms in total. The van der Waals surface area contributed by atoms with Gasteiger partial charge in [0.15, 0.2) is 0 Å². The molecule has 0 amide bonds. The summed E-state index contributed by atoms with van der Waals surface area (Å²) in [7, 11) is 3.76. The van der Waals surface area contributed by atoms with Gasteiger partial charge in [0.2, 0.25) is 0 Å². The summed E-state index contributed by atoms with van der Waals surface area (Å²) in [5.74, 6) is -0.809. The number of carboxylic acid groups (broad SMARTS) is 1. The van der Waals surface area contributed by atoms with Crippen LogP contribution in [0.3, 0.4) is 0 Å². The van der Waals surface area contributed by atoms with Crippen LogP contribution in [0.15, 0.2) is 24.5 Å². The van der Waals surface area contributed by atoms with Crippen LogP contribution in [0, 0.1) is 0 Å². The lowest BCUT2D eigenvalue weighted by molar-refractivity contribution is -0.142. The fourth-order valence-electron chi connectivity index (χ4n) is 1.89. The van der Waals surface area contributed by atoms with Crippen LogP contribution in [0.1, 0.15) is 12.5 Å². The lowest BCUT2D eigenvalue weighted by Crippen LogP contribution is -2.35. The Kier molecular flexibility index (Phi) is 3.34. The largest absolute Gasteiger partial charge is 0.480 e. The van der Waals surface area contributed by atoms with Gasteiger partial charge in [-0.15, -0.1) is 0 Å². The Bertz CT molecular complexity index is 577. The number of imidazole rings is 1. The molecule has 1 heterocycles. The van der Waals surface area contributed by atoms with Gasteiger partial charge in [0.25, 0.3) is 0 Å². The second kappa shape index (κ2) is 4.78. The number of carboxylic acids is 1. The Hall–Kier alpha value is -1.88. The number of nitrogens with zero attached hydrogens (tertiary/aromatic N) is 3. The van der Waals surface area contributed by atoms with Crippen molar-refractivity contribution < 1.29 is 9.90 Å². The quantitative estimate of drug-likeness (QED) is 0.889. The monoisotopic (exact) mass is 247 g/mol. The summed E-state index contributed by atoms with van der Waals surface area (Å²) in [5, 5.41) is 8.95. The predicted octanol–water partition coefficient (Wildman–Crippen LogP) is 1.48. The van der Waals surface area contributed by atoms with Crippen LogP contribution in [-0.4, -0.2) is 38.6 Å². The Morgan fingerprint density at radius 1 is 1.56 bits per heavy atom. The number of likely N-dealkylation sites (N-methyl/N-ethyl adjacent to an activating group) is 1. The van der Waals surface area contributed by atoms with E-state index < -0.39 is 12.0 Å². The summed E-state index contributed by atoms with van der Waals surface area (Å²) in [6.07, 6.45) is 1.78. The number of aliphatic carboxylic acids is 1. The number of hydrogen-bond donors (Lipinski definition) is 1. The number of carbonyl (C=O) groups is 1. The number of aryl methyl sites for hydroxylation is 1. The molecule has 2 aromatic rings. The number of benzene rings is 1. The zero-order chi connectivity index (χ0) is 13.3. The third kappa shape index (κ3) is 2.36. The molecule has 18 heavy (non-hydrogen) atoms. The van der Waals surface area contributed by atoms with Crippen molar-refractivity contribution in [1.82, 2.24) is 14.5 Å². The molecule has 1 aromatic heterocycles. The van der Waals surface area contributed by atoms with Crippen LogP contribution in [0.4, 0.5) is 0 Å². The van der Waals surface area contributed by atoms with Gasteiger partial charge in [0.05, 0.1) is 17.4 Å². The molecular formula is C13H17N3O2. The van der Waals surface area contributed by atoms with Crippen molar-refractivity contribution >= 4 is 17.0 Å². The Morgan fingerprint density at radius 2 is 2.28 bits per heavy atom. The highest BCUT2D eigenvalue weighted by Gasteiger charge is 2.16. The standard InChI is InChI=1S/C13H17N3O2/c1-9(13(17)18)15(2)7-10-4-5-12-11(6-10)14-8-16(12)3/h4-6,8-9H,7H2,1-3H3,(H,17,18). The van der Waals surface area contributed by atoms with E-state index in [1.165, 1.54) is 0 Å². The SMILES string of the molecule is CC(C(=O)O)N(C)Cc1ccc2c(c1)ncn2C. The summed E-state index contributed by atoms with van der Waals surface area (Å²) < 4.78 is 1.96. The molecule has 0 aliphatic heterocycles. The molecule has 1 aromatic carbocycles. The van der Waals surface area contributed by atoms with E-state index in [2.05, 4.69) is 4.98 Å². The van der Waals surface area contributed by atoms with Crippen LogP contribution in [-0.2, 0) is 18.4 Å². The van der Waals surface area contributed by atoms with Crippen molar-refractivity contribution in [2.24, 2.45) is 7.05 Å². The Morgan fingerprint density at radius 3 is 2.94 bits per heavy atom. The van der Waals surface area contributed by atoms with Crippen molar-refractivity contribution in [2.45, 2.75) is 19.5 Å². The highest BCUT2D eigenvalue weighted by Crippen LogP contribution is 2.15. The van der Waals surface area contributed by atoms with Gasteiger partial charge in [-0.05, 0) is 31.7 Å². The van der Waals surface area contributed by atoms with Crippen LogP contribution >= 0.6 is 0 Å². The average Bonchev–Trinajstić information content (AvgIpc) is 2.69. The van der Waals surface area contributed by atoms with Crippen LogP contribution in [0.25, 0.3) is 11.0 Å². The van der Waals surface area contributed by atoms with Crippen LogP contribution < -0.4 is 0 Å². The van der Waals surface area contributed by atoms with Gasteiger partial charge in [-0.2, -0.15) is 0 Å². The maximum Gasteiger partial charge on any atom is 0.320 e. The van der Waals surface area contributed by atoms with Crippen molar-refractivity contribution in [1.29, 1.82) is 0 Å². The third-order valence-electron chi connectivity index (χ3n) is 3.24. The molecule has 0 saturated carbocycles. The highest BCUT2D eigenvalue weighted by molar-refractivity contribution is 5.76. The van der Waals surface area contributed by atoms with Crippen LogP contribution in [0.5, 0.6) is 0 Å². The number of rotatable bonds is 4. The van der Waals surface area contributed by atoms with E-state index in [9.17, 15) is 4.79 Å². The number of aromatic nitrogens is 2. The van der Waals surface area contributed by atoms with Gasteiger partial charge in [-0.3, -0.25) is 9.69 Å². The average molecular weight is 247 g/mol. The van der Waals surface area contributed by atoms with Gasteiger partial charge in [0.1, 0.15) is 6.04 Å². The fourth-order valence-corrected chi connectivity index (χ4v) is 1.89. The second-order valence-electron chi connectivity index (χ2n) is 4.61. The second-order valence-corrected chi connectivity index (χ2v) is 4.61. The molecule has 0 aliphatic carbocycles. The molecule has 2 rings (SSSR count). The van der Waals surface area contributed by atoms with E-state index in [0.717, 1.165) is 16.6 Å². The first-order valence-electron chi connectivity index (χ1n) is 5.82. The minimum atomic E-state index is -0.809. The molecule has 1 atom stereocenters. The third-order valence-corrected chi connectivity index (χ3v) is 3.24. The van der Waals surface area contributed by atoms with Crippen molar-refractivity contribution in [3.8, 4) is 0 Å². The first-order chi connectivity index (χ1) is 8.49. The summed E-state index contributed by atoms with van der Waals surface area (Å²) in [5.41, 5.74) is 3.08. The molecule has 96 valence electrons. The summed E-state index contributed by atoms with van der Waals surface area (Å²) in [6.45, 7) is 2.28. The molecule has 0 saturated heterocycles. The molecular weight excluding hydrogens is 230 g/mol. The van der Waals surface area contributed by atoms with E-state index >= 15 is 0 Å². The van der Waals surface area contributed by atoms with Gasteiger partial charge in [-0.25, -0.2) is 4.98 Å². The molecule has 0 aliphatic rings. The molecule has 0 bridgehead atoms. The highest BCUT2D eigenvalue weighted by atomic mass is 16.4. The van der Waals surface area contributed by atoms with E-state index in [4.69, 9.17) is 5.11 Å². The Balaban J connectivity index is 2.19.